The summed E-state index contributed by atoms with van der Waals surface area (Å²) >= 11 is 0. The van der Waals surface area contributed by atoms with Crippen molar-refractivity contribution in [1.29, 1.82) is 5.26 Å². The maximum atomic E-state index is 13.9. The van der Waals surface area contributed by atoms with Crippen LogP contribution in [0.1, 0.15) is 72.1 Å². The molecule has 0 aromatic rings. The van der Waals surface area contributed by atoms with Gasteiger partial charge in [-0.25, -0.2) is 8.78 Å². The largest absolute Gasteiger partial charge is 0.348 e. The van der Waals surface area contributed by atoms with E-state index in [4.69, 9.17) is 4.99 Å². The van der Waals surface area contributed by atoms with Crippen molar-refractivity contribution in [3.05, 3.63) is 36.0 Å². The molecule has 0 aromatic carbocycles. The lowest BCUT2D eigenvalue weighted by Crippen LogP contribution is -2.57. The molecule has 3 rings (SSSR count). The number of aliphatic imine (C=N–C) groups is 1. The van der Waals surface area contributed by atoms with Gasteiger partial charge in [-0.2, -0.15) is 5.26 Å². The zero-order chi connectivity index (χ0) is 29.2. The van der Waals surface area contributed by atoms with Gasteiger partial charge in [0.05, 0.1) is 25.2 Å². The number of amides is 2. The summed E-state index contributed by atoms with van der Waals surface area (Å²) in [4.78, 5) is 36.9. The Morgan fingerprint density at radius 3 is 2.52 bits per heavy atom. The van der Waals surface area contributed by atoms with E-state index in [1.54, 1.807) is 22.0 Å². The minimum atomic E-state index is -0.926. The van der Waals surface area contributed by atoms with Crippen LogP contribution in [0.3, 0.4) is 0 Å². The molecule has 1 saturated carbocycles. The highest BCUT2D eigenvalue weighted by atomic mass is 19.1. The Morgan fingerprint density at radius 1 is 1.23 bits per heavy atom. The van der Waals surface area contributed by atoms with Gasteiger partial charge in [0.1, 0.15) is 18.2 Å². The second-order valence-electron chi connectivity index (χ2n) is 11.1. The van der Waals surface area contributed by atoms with Crippen LogP contribution in [0.5, 0.6) is 0 Å². The molecule has 1 saturated heterocycles. The number of piperazine rings is 1. The van der Waals surface area contributed by atoms with Crippen molar-refractivity contribution in [1.82, 2.24) is 14.7 Å². The quantitative estimate of drug-likeness (QED) is 0.245. The average Bonchev–Trinajstić information content (AvgIpc) is 3.37. The molecular formula is C31H45F2N5O2. The van der Waals surface area contributed by atoms with Crippen molar-refractivity contribution in [2.45, 2.75) is 96.6 Å². The third-order valence-corrected chi connectivity index (χ3v) is 8.50. The number of alkyl halides is 2. The lowest BCUT2D eigenvalue weighted by atomic mass is 9.87. The van der Waals surface area contributed by atoms with Crippen LogP contribution >= 0.6 is 0 Å². The maximum absolute atomic E-state index is 13.9. The van der Waals surface area contributed by atoms with E-state index in [-0.39, 0.29) is 42.9 Å². The summed E-state index contributed by atoms with van der Waals surface area (Å²) in [6, 6.07) is 1.87. The van der Waals surface area contributed by atoms with Crippen molar-refractivity contribution in [2.75, 3.05) is 32.7 Å². The van der Waals surface area contributed by atoms with Gasteiger partial charge in [0.2, 0.25) is 11.8 Å². The first-order valence-corrected chi connectivity index (χ1v) is 14.8. The molecule has 2 amide bonds. The monoisotopic (exact) mass is 557 g/mol. The Bertz CT molecular complexity index is 1040. The highest BCUT2D eigenvalue weighted by Crippen LogP contribution is 2.32. The van der Waals surface area contributed by atoms with Gasteiger partial charge >= 0.3 is 0 Å². The molecule has 0 spiro atoms. The summed E-state index contributed by atoms with van der Waals surface area (Å²) in [6.45, 7) is 11.0. The van der Waals surface area contributed by atoms with Gasteiger partial charge in [0, 0.05) is 43.6 Å². The number of rotatable bonds is 12. The van der Waals surface area contributed by atoms with Crippen LogP contribution in [-0.2, 0) is 9.59 Å². The third kappa shape index (κ3) is 8.02. The number of amidine groups is 1. The number of halogens is 2. The van der Waals surface area contributed by atoms with Gasteiger partial charge in [-0.05, 0) is 57.4 Å². The average molecular weight is 558 g/mol. The SMILES string of the molecule is C=C/C(=C\C[C@H](F)CC)[C@@H]1CN(CC(=O)N2CCN([C@@H](CC)C/C(C#N)=C\C)C(=O)C2)C(C2CCC(F)CC2)=N1. The number of carbonyl (C=O) groups excluding carboxylic acids is 2. The van der Waals surface area contributed by atoms with Gasteiger partial charge in [-0.1, -0.05) is 38.7 Å². The molecule has 0 radical (unpaired) electrons. The molecule has 3 aliphatic rings. The molecule has 220 valence electrons. The molecular weight excluding hydrogens is 512 g/mol. The molecule has 3 atom stereocenters. The second-order valence-corrected chi connectivity index (χ2v) is 11.1. The Kier molecular flexibility index (Phi) is 11.9. The standard InChI is InChI=1S/C31H45F2N5O2/c1-5-22(18-34)17-27(8-4)38-16-15-36(21-30(38)40)29(39)20-37-19-28(23(6-2)9-12-25(32)7-3)35-31(37)24-10-13-26(33)14-11-24/h5-6,9,24-28H,2,7-8,10-17,19-21H2,1,3-4H3/b22-5+,23-9+/t24?,25-,26?,27+,28+/m1/s1. The minimum absolute atomic E-state index is 0.0104. The third-order valence-electron chi connectivity index (χ3n) is 8.50. The summed E-state index contributed by atoms with van der Waals surface area (Å²) in [5.41, 5.74) is 1.50. The first-order chi connectivity index (χ1) is 19.2. The predicted octanol–water partition coefficient (Wildman–Crippen LogP) is 5.16. The number of hydrogen-bond acceptors (Lipinski definition) is 5. The van der Waals surface area contributed by atoms with Gasteiger partial charge < -0.3 is 14.7 Å². The Labute approximate surface area is 238 Å². The molecule has 2 fully saturated rings. The highest BCUT2D eigenvalue weighted by Gasteiger charge is 2.37. The first-order valence-electron chi connectivity index (χ1n) is 14.8. The van der Waals surface area contributed by atoms with Crippen LogP contribution in [0.4, 0.5) is 8.78 Å². The lowest BCUT2D eigenvalue weighted by Gasteiger charge is -2.39. The minimum Gasteiger partial charge on any atom is -0.348 e. The van der Waals surface area contributed by atoms with Crippen molar-refractivity contribution >= 4 is 17.6 Å². The smallest absolute Gasteiger partial charge is 0.242 e. The highest BCUT2D eigenvalue weighted by molar-refractivity contribution is 5.92. The van der Waals surface area contributed by atoms with Crippen molar-refractivity contribution in [3.63, 3.8) is 0 Å². The van der Waals surface area contributed by atoms with Crippen LogP contribution in [0.15, 0.2) is 40.9 Å². The van der Waals surface area contributed by atoms with E-state index < -0.39 is 12.3 Å². The van der Waals surface area contributed by atoms with Crippen molar-refractivity contribution in [3.8, 4) is 6.07 Å². The Balaban J connectivity index is 1.70. The molecule has 0 bridgehead atoms. The summed E-state index contributed by atoms with van der Waals surface area (Å²) < 4.78 is 27.8. The van der Waals surface area contributed by atoms with E-state index in [1.165, 1.54) is 0 Å². The Hall–Kier alpha value is -3.02. The van der Waals surface area contributed by atoms with Crippen LogP contribution < -0.4 is 0 Å². The fourth-order valence-corrected chi connectivity index (χ4v) is 5.88. The molecule has 2 aliphatic heterocycles. The molecule has 0 aromatic heterocycles. The van der Waals surface area contributed by atoms with Gasteiger partial charge in [-0.15, -0.1) is 0 Å². The van der Waals surface area contributed by atoms with E-state index >= 15 is 0 Å². The summed E-state index contributed by atoms with van der Waals surface area (Å²) in [7, 11) is 0. The summed E-state index contributed by atoms with van der Waals surface area (Å²) in [5.74, 6) is 0.642. The van der Waals surface area contributed by atoms with E-state index in [9.17, 15) is 23.6 Å². The topological polar surface area (TPSA) is 80.0 Å². The second kappa shape index (κ2) is 15.1. The van der Waals surface area contributed by atoms with Crippen LogP contribution in [0.2, 0.25) is 0 Å². The molecule has 2 heterocycles. The van der Waals surface area contributed by atoms with Crippen LogP contribution in [0, 0.1) is 17.2 Å². The first kappa shape index (κ1) is 31.5. The fourth-order valence-electron chi connectivity index (χ4n) is 5.88. The zero-order valence-electron chi connectivity index (χ0n) is 24.3. The van der Waals surface area contributed by atoms with E-state index in [1.807, 2.05) is 31.7 Å². The van der Waals surface area contributed by atoms with E-state index in [0.29, 0.717) is 70.2 Å². The number of carbonyl (C=O) groups is 2. The summed E-state index contributed by atoms with van der Waals surface area (Å²) in [6.07, 6.45) is 7.92. The molecule has 0 N–H and O–H groups in total. The summed E-state index contributed by atoms with van der Waals surface area (Å²) in [5, 5.41) is 9.31. The molecule has 9 heteroatoms. The van der Waals surface area contributed by atoms with Gasteiger partial charge in [-0.3, -0.25) is 14.6 Å². The van der Waals surface area contributed by atoms with Crippen molar-refractivity contribution in [2.24, 2.45) is 10.9 Å². The fraction of sp³-hybridized carbons (Fsp3) is 0.677. The lowest BCUT2D eigenvalue weighted by molar-refractivity contribution is -0.147. The molecule has 1 aliphatic carbocycles. The number of nitrogens with zero attached hydrogens (tertiary/aromatic N) is 5. The number of allylic oxidation sites excluding steroid dienone is 2. The molecule has 40 heavy (non-hydrogen) atoms. The Morgan fingerprint density at radius 2 is 1.95 bits per heavy atom. The van der Waals surface area contributed by atoms with Crippen LogP contribution in [0.25, 0.3) is 0 Å². The maximum Gasteiger partial charge on any atom is 0.242 e. The normalized spacial score (nSPS) is 25.9. The number of nitriles is 1. The van der Waals surface area contributed by atoms with Crippen LogP contribution in [-0.4, -0.2) is 89.5 Å². The predicted molar refractivity (Wildman–Crippen MR) is 154 cm³/mol. The van der Waals surface area contributed by atoms with Crippen molar-refractivity contribution < 1.29 is 18.4 Å². The number of hydrogen-bond donors (Lipinski definition) is 0. The molecule has 7 nitrogen and oxygen atoms in total. The van der Waals surface area contributed by atoms with E-state index in [0.717, 1.165) is 17.8 Å². The zero-order valence-corrected chi connectivity index (χ0v) is 24.3. The van der Waals surface area contributed by atoms with E-state index in [2.05, 4.69) is 12.6 Å². The van der Waals surface area contributed by atoms with Gasteiger partial charge in [0.25, 0.3) is 0 Å². The van der Waals surface area contributed by atoms with Gasteiger partial charge in [0.15, 0.2) is 0 Å². The molecule has 0 unspecified atom stereocenters.